The minimum Gasteiger partial charge on any atom is -0.493 e. The summed E-state index contributed by atoms with van der Waals surface area (Å²) >= 11 is 6.01. The number of rotatable bonds is 14. The van der Waals surface area contributed by atoms with Crippen LogP contribution >= 0.6 is 11.6 Å². The first kappa shape index (κ1) is 27.5. The van der Waals surface area contributed by atoms with Crippen molar-refractivity contribution >= 4 is 28.5 Å². The SMILES string of the molecule is COCCCNC(=O)CN1CCN(CCCCCOc2ccc3c(-c4ccc(Cl)cc4)coc3c2)CC1. The molecule has 0 saturated carbocycles. The van der Waals surface area contributed by atoms with Crippen molar-refractivity contribution in [1.82, 2.24) is 15.1 Å². The van der Waals surface area contributed by atoms with Crippen molar-refractivity contribution < 1.29 is 18.7 Å². The zero-order valence-electron chi connectivity index (χ0n) is 21.7. The van der Waals surface area contributed by atoms with E-state index in [0.717, 1.165) is 91.3 Å². The number of methoxy groups -OCH3 is 1. The molecule has 1 aliphatic heterocycles. The number of hydrogen-bond donors (Lipinski definition) is 1. The van der Waals surface area contributed by atoms with Crippen LogP contribution in [0.15, 0.2) is 53.1 Å². The summed E-state index contributed by atoms with van der Waals surface area (Å²) in [7, 11) is 1.68. The molecule has 1 N–H and O–H groups in total. The first-order valence-electron chi connectivity index (χ1n) is 13.2. The van der Waals surface area contributed by atoms with E-state index in [-0.39, 0.29) is 5.91 Å². The van der Waals surface area contributed by atoms with Crippen molar-refractivity contribution in [2.24, 2.45) is 0 Å². The molecule has 0 bridgehead atoms. The summed E-state index contributed by atoms with van der Waals surface area (Å²) < 4.78 is 16.8. The molecular weight excluding hydrogens is 490 g/mol. The van der Waals surface area contributed by atoms with Gasteiger partial charge in [0.2, 0.25) is 5.91 Å². The Balaban J connectivity index is 1.08. The van der Waals surface area contributed by atoms with E-state index in [4.69, 9.17) is 25.5 Å². The van der Waals surface area contributed by atoms with Crippen LogP contribution in [0.1, 0.15) is 25.7 Å². The smallest absolute Gasteiger partial charge is 0.234 e. The highest BCUT2D eigenvalue weighted by molar-refractivity contribution is 6.30. The van der Waals surface area contributed by atoms with Gasteiger partial charge in [-0.1, -0.05) is 23.7 Å². The Morgan fingerprint density at radius 1 is 0.973 bits per heavy atom. The van der Waals surface area contributed by atoms with Gasteiger partial charge in [0.1, 0.15) is 11.3 Å². The second-order valence-electron chi connectivity index (χ2n) is 9.54. The highest BCUT2D eigenvalue weighted by Crippen LogP contribution is 2.33. The van der Waals surface area contributed by atoms with Gasteiger partial charge in [-0.05, 0) is 62.1 Å². The van der Waals surface area contributed by atoms with Crippen LogP contribution < -0.4 is 10.1 Å². The van der Waals surface area contributed by atoms with Crippen molar-refractivity contribution in [3.05, 3.63) is 53.8 Å². The van der Waals surface area contributed by atoms with E-state index in [1.165, 1.54) is 0 Å². The highest BCUT2D eigenvalue weighted by Gasteiger charge is 2.18. The number of fused-ring (bicyclic) bond motifs is 1. The van der Waals surface area contributed by atoms with Crippen LogP contribution in [0, 0.1) is 0 Å². The molecule has 7 nitrogen and oxygen atoms in total. The number of unbranched alkanes of at least 4 members (excludes halogenated alkanes) is 2. The van der Waals surface area contributed by atoms with E-state index in [1.54, 1.807) is 13.4 Å². The summed E-state index contributed by atoms with van der Waals surface area (Å²) in [6.45, 7) is 7.59. The quantitative estimate of drug-likeness (QED) is 0.295. The average molecular weight is 528 g/mol. The molecule has 0 radical (unpaired) electrons. The average Bonchev–Trinajstić information content (AvgIpc) is 3.33. The zero-order valence-corrected chi connectivity index (χ0v) is 22.5. The van der Waals surface area contributed by atoms with E-state index >= 15 is 0 Å². The van der Waals surface area contributed by atoms with E-state index in [2.05, 4.69) is 21.2 Å². The van der Waals surface area contributed by atoms with Crippen LogP contribution in [-0.2, 0) is 9.53 Å². The van der Waals surface area contributed by atoms with E-state index in [9.17, 15) is 4.79 Å². The standard InChI is InChI=1S/C29H38ClN3O4/c1-35-18-5-12-31-29(34)21-33-16-14-32(15-17-33)13-3-2-4-19-36-25-10-11-26-27(22-37-28(26)20-25)23-6-8-24(30)9-7-23/h6-11,20,22H,2-5,12-19,21H2,1H3,(H,31,34). The molecule has 37 heavy (non-hydrogen) atoms. The van der Waals surface area contributed by atoms with Crippen LogP contribution in [0.3, 0.4) is 0 Å². The van der Waals surface area contributed by atoms with Gasteiger partial charge in [0, 0.05) is 68.5 Å². The molecule has 200 valence electrons. The number of carbonyl (C=O) groups is 1. The number of ether oxygens (including phenoxy) is 2. The lowest BCUT2D eigenvalue weighted by molar-refractivity contribution is -0.122. The minimum atomic E-state index is 0.109. The molecule has 0 unspecified atom stereocenters. The van der Waals surface area contributed by atoms with Gasteiger partial charge in [0.15, 0.2) is 0 Å². The van der Waals surface area contributed by atoms with Gasteiger partial charge in [-0.25, -0.2) is 0 Å². The van der Waals surface area contributed by atoms with Crippen LogP contribution in [0.4, 0.5) is 0 Å². The molecule has 1 amide bonds. The second-order valence-corrected chi connectivity index (χ2v) is 9.97. The van der Waals surface area contributed by atoms with Gasteiger partial charge in [-0.2, -0.15) is 0 Å². The van der Waals surface area contributed by atoms with Gasteiger partial charge < -0.3 is 24.1 Å². The Bertz CT molecular complexity index is 1110. The maximum atomic E-state index is 12.0. The van der Waals surface area contributed by atoms with Crippen LogP contribution in [-0.4, -0.2) is 81.8 Å². The van der Waals surface area contributed by atoms with Gasteiger partial charge >= 0.3 is 0 Å². The molecule has 2 heterocycles. The number of piperazine rings is 1. The fraction of sp³-hybridized carbons (Fsp3) is 0.483. The lowest BCUT2D eigenvalue weighted by Crippen LogP contribution is -2.49. The Hall–Kier alpha value is -2.58. The van der Waals surface area contributed by atoms with Gasteiger partial charge in [-0.3, -0.25) is 9.69 Å². The largest absolute Gasteiger partial charge is 0.493 e. The van der Waals surface area contributed by atoms with Crippen LogP contribution in [0.5, 0.6) is 5.75 Å². The normalized spacial score (nSPS) is 14.8. The summed E-state index contributed by atoms with van der Waals surface area (Å²) in [5, 5.41) is 4.75. The molecule has 1 saturated heterocycles. The van der Waals surface area contributed by atoms with Crippen molar-refractivity contribution in [2.45, 2.75) is 25.7 Å². The first-order chi connectivity index (χ1) is 18.1. The van der Waals surface area contributed by atoms with Crippen LogP contribution in [0.25, 0.3) is 22.1 Å². The maximum Gasteiger partial charge on any atom is 0.234 e. The summed E-state index contributed by atoms with van der Waals surface area (Å²) in [4.78, 5) is 16.8. The monoisotopic (exact) mass is 527 g/mol. The third kappa shape index (κ3) is 8.47. The predicted molar refractivity (Wildman–Crippen MR) is 148 cm³/mol. The highest BCUT2D eigenvalue weighted by atomic mass is 35.5. The molecule has 1 aromatic heterocycles. The van der Waals surface area contributed by atoms with E-state index < -0.39 is 0 Å². The fourth-order valence-electron chi connectivity index (χ4n) is 4.63. The van der Waals surface area contributed by atoms with Gasteiger partial charge in [0.25, 0.3) is 0 Å². The van der Waals surface area contributed by atoms with Gasteiger partial charge in [-0.15, -0.1) is 0 Å². The van der Waals surface area contributed by atoms with Gasteiger partial charge in [0.05, 0.1) is 19.4 Å². The number of furan rings is 1. The molecule has 1 aliphatic rings. The van der Waals surface area contributed by atoms with Crippen LogP contribution in [0.2, 0.25) is 5.02 Å². The van der Waals surface area contributed by atoms with E-state index in [0.29, 0.717) is 26.3 Å². The first-order valence-corrected chi connectivity index (χ1v) is 13.6. The number of amides is 1. The summed E-state index contributed by atoms with van der Waals surface area (Å²) in [6.07, 6.45) is 5.96. The van der Waals surface area contributed by atoms with Crippen molar-refractivity contribution in [3.63, 3.8) is 0 Å². The molecule has 4 rings (SSSR count). The number of carbonyl (C=O) groups excluding carboxylic acids is 1. The third-order valence-corrected chi connectivity index (χ3v) is 7.02. The molecular formula is C29H38ClN3O4. The Labute approximate surface area is 224 Å². The molecule has 2 aromatic carbocycles. The topological polar surface area (TPSA) is 67.2 Å². The third-order valence-electron chi connectivity index (χ3n) is 6.77. The summed E-state index contributed by atoms with van der Waals surface area (Å²) in [6, 6.07) is 13.8. The lowest BCUT2D eigenvalue weighted by Gasteiger charge is -2.34. The molecule has 0 aliphatic carbocycles. The molecule has 0 spiro atoms. The van der Waals surface area contributed by atoms with E-state index in [1.807, 2.05) is 36.4 Å². The second kappa shape index (κ2) is 14.4. The molecule has 0 atom stereocenters. The zero-order chi connectivity index (χ0) is 25.9. The summed E-state index contributed by atoms with van der Waals surface area (Å²) in [5.41, 5.74) is 2.96. The summed E-state index contributed by atoms with van der Waals surface area (Å²) in [5.74, 6) is 0.945. The number of halogens is 1. The molecule has 1 fully saturated rings. The van der Waals surface area contributed by atoms with Crippen molar-refractivity contribution in [1.29, 1.82) is 0 Å². The predicted octanol–water partition coefficient (Wildman–Crippen LogP) is 5.07. The maximum absolute atomic E-state index is 12.0. The van der Waals surface area contributed by atoms with Crippen molar-refractivity contribution in [3.8, 4) is 16.9 Å². The van der Waals surface area contributed by atoms with Crippen molar-refractivity contribution in [2.75, 3.05) is 66.1 Å². The number of nitrogens with zero attached hydrogens (tertiary/aromatic N) is 2. The fourth-order valence-corrected chi connectivity index (χ4v) is 4.76. The number of hydrogen-bond acceptors (Lipinski definition) is 6. The Kier molecular flexibility index (Phi) is 10.7. The number of benzene rings is 2. The Morgan fingerprint density at radius 2 is 1.76 bits per heavy atom. The lowest BCUT2D eigenvalue weighted by atomic mass is 10.0. The number of nitrogens with one attached hydrogen (secondary N) is 1. The molecule has 3 aromatic rings. The minimum absolute atomic E-state index is 0.109. The molecule has 8 heteroatoms. The Morgan fingerprint density at radius 3 is 2.54 bits per heavy atom.